The van der Waals surface area contributed by atoms with E-state index in [2.05, 4.69) is 170 Å². The molecule has 0 atom stereocenters. The number of hydrogen-bond acceptors (Lipinski definition) is 2. The average molecular weight is 687 g/mol. The summed E-state index contributed by atoms with van der Waals surface area (Å²) in [5, 5.41) is 14.3. The normalized spacial score (nSPS) is 12.1. The first kappa shape index (κ1) is 29.4. The van der Waals surface area contributed by atoms with Crippen LogP contribution < -0.4 is 0 Å². The fourth-order valence-corrected chi connectivity index (χ4v) is 9.22. The molecule has 0 N–H and O–H groups in total. The van der Waals surface area contributed by atoms with Crippen molar-refractivity contribution >= 4 is 87.0 Å². The number of furan rings is 2. The van der Waals surface area contributed by atoms with E-state index in [9.17, 15) is 0 Å². The maximum Gasteiger partial charge on any atom is 0.143 e. The van der Waals surface area contributed by atoms with Gasteiger partial charge in [-0.3, -0.25) is 0 Å². The van der Waals surface area contributed by atoms with Gasteiger partial charge in [-0.05, 0) is 101 Å². The Morgan fingerprint density at radius 1 is 0.259 bits per heavy atom. The van der Waals surface area contributed by atoms with E-state index in [1.165, 1.54) is 59.8 Å². The summed E-state index contributed by atoms with van der Waals surface area (Å²) in [4.78, 5) is 0. The maximum atomic E-state index is 6.91. The minimum Gasteiger partial charge on any atom is -0.456 e. The second kappa shape index (κ2) is 11.2. The van der Waals surface area contributed by atoms with Crippen molar-refractivity contribution in [3.63, 3.8) is 0 Å². The Bertz CT molecular complexity index is 3450. The maximum absolute atomic E-state index is 6.91. The lowest BCUT2D eigenvalue weighted by Crippen LogP contribution is -1.93. The molecule has 2 nitrogen and oxygen atoms in total. The van der Waals surface area contributed by atoms with E-state index in [4.69, 9.17) is 8.83 Å². The van der Waals surface area contributed by atoms with Gasteiger partial charge in [0.2, 0.25) is 0 Å². The van der Waals surface area contributed by atoms with Gasteiger partial charge in [-0.25, -0.2) is 0 Å². The van der Waals surface area contributed by atoms with Crippen molar-refractivity contribution in [3.8, 4) is 33.4 Å². The summed E-state index contributed by atoms with van der Waals surface area (Å²) in [7, 11) is 0. The highest BCUT2D eigenvalue weighted by atomic mass is 16.3. The van der Waals surface area contributed by atoms with E-state index < -0.39 is 0 Å². The molecular formula is C52H30O2. The van der Waals surface area contributed by atoms with Gasteiger partial charge >= 0.3 is 0 Å². The van der Waals surface area contributed by atoms with Crippen molar-refractivity contribution in [3.05, 3.63) is 182 Å². The lowest BCUT2D eigenvalue weighted by molar-refractivity contribution is 0.668. The van der Waals surface area contributed by atoms with Gasteiger partial charge < -0.3 is 8.83 Å². The molecule has 0 radical (unpaired) electrons. The number of hydrogen-bond donors (Lipinski definition) is 0. The molecule has 0 aliphatic rings. The Hall–Kier alpha value is -7.16. The summed E-state index contributed by atoms with van der Waals surface area (Å²) in [5.74, 6) is 0. The SMILES string of the molecule is c1ccc2c(c1)cc(-c1c3ccccc3c(-c3ccc(-c4cccc5oc6ccccc6c45)c4oc5ccccc5c34)c3ccccc13)c1ccccc12. The van der Waals surface area contributed by atoms with Gasteiger partial charge in [0.05, 0.1) is 0 Å². The second-order valence-electron chi connectivity index (χ2n) is 14.3. The minimum absolute atomic E-state index is 0.871. The molecule has 2 heteroatoms. The summed E-state index contributed by atoms with van der Waals surface area (Å²) in [5.41, 5.74) is 10.5. The summed E-state index contributed by atoms with van der Waals surface area (Å²) in [6.07, 6.45) is 0. The van der Waals surface area contributed by atoms with E-state index >= 15 is 0 Å². The molecular weight excluding hydrogens is 657 g/mol. The fourth-order valence-electron chi connectivity index (χ4n) is 9.22. The second-order valence-corrected chi connectivity index (χ2v) is 14.3. The van der Waals surface area contributed by atoms with Crippen LogP contribution in [-0.2, 0) is 0 Å². The lowest BCUT2D eigenvalue weighted by atomic mass is 9.82. The topological polar surface area (TPSA) is 26.3 Å². The molecule has 0 saturated carbocycles. The molecule has 12 aromatic rings. The Morgan fingerprint density at radius 3 is 1.43 bits per heavy atom. The van der Waals surface area contributed by atoms with Crippen LogP contribution in [0.25, 0.3) is 120 Å². The van der Waals surface area contributed by atoms with Crippen molar-refractivity contribution in [1.29, 1.82) is 0 Å². The molecule has 0 spiro atoms. The van der Waals surface area contributed by atoms with Crippen LogP contribution in [0.3, 0.4) is 0 Å². The smallest absolute Gasteiger partial charge is 0.143 e. The highest BCUT2D eigenvalue weighted by Crippen LogP contribution is 2.50. The number of benzene rings is 10. The van der Waals surface area contributed by atoms with Gasteiger partial charge in [-0.1, -0.05) is 152 Å². The monoisotopic (exact) mass is 686 g/mol. The van der Waals surface area contributed by atoms with Gasteiger partial charge in [0, 0.05) is 27.1 Å². The Kier molecular flexibility index (Phi) is 6.09. The molecule has 2 aromatic heterocycles. The van der Waals surface area contributed by atoms with Crippen LogP contribution in [0.5, 0.6) is 0 Å². The van der Waals surface area contributed by atoms with Crippen LogP contribution in [-0.4, -0.2) is 0 Å². The van der Waals surface area contributed by atoms with Crippen molar-refractivity contribution in [1.82, 2.24) is 0 Å². The predicted octanol–water partition coefficient (Wildman–Crippen LogP) is 15.1. The van der Waals surface area contributed by atoms with Gasteiger partial charge in [0.25, 0.3) is 0 Å². The molecule has 2 heterocycles. The fraction of sp³-hybridized carbons (Fsp3) is 0. The van der Waals surface area contributed by atoms with Crippen molar-refractivity contribution < 1.29 is 8.83 Å². The molecule has 0 amide bonds. The number of fused-ring (bicyclic) bond motifs is 11. The molecule has 250 valence electrons. The molecule has 0 saturated heterocycles. The average Bonchev–Trinajstić information content (AvgIpc) is 3.82. The van der Waals surface area contributed by atoms with Crippen LogP contribution in [0.1, 0.15) is 0 Å². The largest absolute Gasteiger partial charge is 0.456 e. The van der Waals surface area contributed by atoms with E-state index in [0.29, 0.717) is 0 Å². The summed E-state index contributed by atoms with van der Waals surface area (Å²) in [6, 6.07) is 65.5. The highest BCUT2D eigenvalue weighted by molar-refractivity contribution is 6.29. The number of rotatable bonds is 3. The third kappa shape index (κ3) is 4.05. The van der Waals surface area contributed by atoms with Crippen LogP contribution in [0, 0.1) is 0 Å². The quantitative estimate of drug-likeness (QED) is 0.137. The first-order chi connectivity index (χ1) is 26.8. The van der Waals surface area contributed by atoms with Crippen LogP contribution in [0.15, 0.2) is 191 Å². The van der Waals surface area contributed by atoms with Gasteiger partial charge in [-0.15, -0.1) is 0 Å². The van der Waals surface area contributed by atoms with Gasteiger partial charge in [-0.2, -0.15) is 0 Å². The molecule has 0 aliphatic carbocycles. The van der Waals surface area contributed by atoms with Crippen molar-refractivity contribution in [2.75, 3.05) is 0 Å². The van der Waals surface area contributed by atoms with Gasteiger partial charge in [0.1, 0.15) is 22.3 Å². The van der Waals surface area contributed by atoms with Crippen LogP contribution in [0.4, 0.5) is 0 Å². The molecule has 0 bridgehead atoms. The molecule has 54 heavy (non-hydrogen) atoms. The van der Waals surface area contributed by atoms with Crippen LogP contribution >= 0.6 is 0 Å². The molecule has 12 rings (SSSR count). The Labute approximate surface area is 310 Å². The molecule has 0 aliphatic heterocycles. The number of para-hydroxylation sites is 2. The third-order valence-corrected chi connectivity index (χ3v) is 11.5. The summed E-state index contributed by atoms with van der Waals surface area (Å²) >= 11 is 0. The minimum atomic E-state index is 0.871. The van der Waals surface area contributed by atoms with E-state index in [1.807, 2.05) is 12.1 Å². The zero-order valence-corrected chi connectivity index (χ0v) is 29.1. The first-order valence-corrected chi connectivity index (χ1v) is 18.5. The van der Waals surface area contributed by atoms with Crippen molar-refractivity contribution in [2.45, 2.75) is 0 Å². The van der Waals surface area contributed by atoms with Crippen molar-refractivity contribution in [2.24, 2.45) is 0 Å². The highest BCUT2D eigenvalue weighted by Gasteiger charge is 2.24. The summed E-state index contributed by atoms with van der Waals surface area (Å²) in [6.45, 7) is 0. The standard InChI is InChI=1S/C52H30O2/c1-2-15-32-31(14-1)30-44(34-17-4-3-16-33(32)34)49-37-20-7-5-18-35(37)48(36-19-6-8-21-38(36)49)43-29-28-40(52-51(43)42-23-10-12-26-46(42)54-52)39-24-13-27-47-50(39)41-22-9-11-25-45(41)53-47/h1-30H. The van der Waals surface area contributed by atoms with E-state index in [1.54, 1.807) is 0 Å². The Balaban J connectivity index is 1.22. The summed E-state index contributed by atoms with van der Waals surface area (Å²) < 4.78 is 13.3. The molecule has 0 unspecified atom stereocenters. The van der Waals surface area contributed by atoms with Gasteiger partial charge in [0.15, 0.2) is 0 Å². The first-order valence-electron chi connectivity index (χ1n) is 18.5. The van der Waals surface area contributed by atoms with E-state index in [-0.39, 0.29) is 0 Å². The Morgan fingerprint density at radius 2 is 0.741 bits per heavy atom. The molecule has 10 aromatic carbocycles. The van der Waals surface area contributed by atoms with Crippen LogP contribution in [0.2, 0.25) is 0 Å². The van der Waals surface area contributed by atoms with E-state index in [0.717, 1.165) is 60.6 Å². The lowest BCUT2D eigenvalue weighted by Gasteiger charge is -2.20. The third-order valence-electron chi connectivity index (χ3n) is 11.5. The predicted molar refractivity (Wildman–Crippen MR) is 227 cm³/mol. The molecule has 0 fully saturated rings. The zero-order valence-electron chi connectivity index (χ0n) is 29.1. The zero-order chi connectivity index (χ0) is 35.3.